The summed E-state index contributed by atoms with van der Waals surface area (Å²) >= 11 is 0. The first kappa shape index (κ1) is 35.4. The fourth-order valence-electron chi connectivity index (χ4n) is 5.54. The van der Waals surface area contributed by atoms with E-state index < -0.39 is 59.8 Å². The fraction of sp³-hybridized carbons (Fsp3) is 0.343. The molecule has 0 saturated carbocycles. The first-order valence-electron chi connectivity index (χ1n) is 15.7. The van der Waals surface area contributed by atoms with Crippen LogP contribution in [0.1, 0.15) is 36.5 Å². The standard InChI is InChI=1S/C35H41N5O8/c1-21(36)31(43)37-27(19-23-9-13-25(41)14-10-23)32(44)38-28(18-22-6-3-2-4-7-22)33(45)39-29(20-24-11-15-26(42)16-12-24)34(46)40-17-5-8-30(40)35(47)48/h2-4,6-7,9-16,21,27-30,41-42H,5,8,17-20,36H2,1H3,(H,37,43)(H,38,44)(H,39,45)(H,47,48)/t21-,27-,28-,29-,30-/m0/s1. The zero-order valence-electron chi connectivity index (χ0n) is 26.5. The first-order chi connectivity index (χ1) is 22.9. The van der Waals surface area contributed by atoms with Crippen LogP contribution in [0.5, 0.6) is 11.5 Å². The number of carboxylic acids is 1. The van der Waals surface area contributed by atoms with E-state index in [-0.39, 0.29) is 43.7 Å². The average Bonchev–Trinajstić information content (AvgIpc) is 3.56. The maximum absolute atomic E-state index is 14.0. The number of likely N-dealkylation sites (tertiary alicyclic amines) is 1. The average molecular weight is 660 g/mol. The number of aliphatic carboxylic acids is 1. The Balaban J connectivity index is 1.62. The summed E-state index contributed by atoms with van der Waals surface area (Å²) in [5.41, 5.74) is 7.70. The summed E-state index contributed by atoms with van der Waals surface area (Å²) in [6, 6.07) is 15.6. The van der Waals surface area contributed by atoms with E-state index >= 15 is 0 Å². The van der Waals surface area contributed by atoms with Crippen molar-refractivity contribution >= 4 is 29.6 Å². The third-order valence-electron chi connectivity index (χ3n) is 8.15. The molecule has 0 aromatic heterocycles. The summed E-state index contributed by atoms with van der Waals surface area (Å²) in [6.45, 7) is 1.68. The molecule has 8 N–H and O–H groups in total. The maximum atomic E-state index is 14.0. The molecule has 5 atom stereocenters. The number of hydrogen-bond donors (Lipinski definition) is 7. The van der Waals surface area contributed by atoms with Crippen LogP contribution in [0, 0.1) is 0 Å². The number of nitrogens with zero attached hydrogens (tertiary/aromatic N) is 1. The molecule has 48 heavy (non-hydrogen) atoms. The van der Waals surface area contributed by atoms with Crippen molar-refractivity contribution in [1.29, 1.82) is 0 Å². The van der Waals surface area contributed by atoms with Crippen molar-refractivity contribution in [2.24, 2.45) is 5.73 Å². The summed E-state index contributed by atoms with van der Waals surface area (Å²) in [5, 5.41) is 37.3. The van der Waals surface area contributed by atoms with Crippen LogP contribution in [-0.2, 0) is 43.2 Å². The molecule has 13 heteroatoms. The van der Waals surface area contributed by atoms with Gasteiger partial charge in [-0.2, -0.15) is 0 Å². The fourth-order valence-corrected chi connectivity index (χ4v) is 5.54. The molecule has 0 radical (unpaired) electrons. The molecule has 13 nitrogen and oxygen atoms in total. The number of carbonyl (C=O) groups excluding carboxylic acids is 4. The molecule has 0 bridgehead atoms. The second kappa shape index (κ2) is 16.4. The van der Waals surface area contributed by atoms with Crippen molar-refractivity contribution in [3.05, 3.63) is 95.6 Å². The van der Waals surface area contributed by atoms with Crippen LogP contribution in [0.2, 0.25) is 0 Å². The Labute approximate surface area is 278 Å². The molecule has 0 aliphatic carbocycles. The highest BCUT2D eigenvalue weighted by molar-refractivity contribution is 5.96. The molecular weight excluding hydrogens is 618 g/mol. The smallest absolute Gasteiger partial charge is 0.326 e. The van der Waals surface area contributed by atoms with Gasteiger partial charge in [-0.1, -0.05) is 54.6 Å². The number of benzene rings is 3. The third kappa shape index (κ3) is 9.79. The molecule has 1 fully saturated rings. The van der Waals surface area contributed by atoms with Crippen LogP contribution in [0.25, 0.3) is 0 Å². The number of phenols is 2. The van der Waals surface area contributed by atoms with Gasteiger partial charge in [-0.15, -0.1) is 0 Å². The number of nitrogens with one attached hydrogen (secondary N) is 3. The van der Waals surface area contributed by atoms with E-state index in [0.717, 1.165) is 0 Å². The van der Waals surface area contributed by atoms with Crippen LogP contribution < -0.4 is 21.7 Å². The van der Waals surface area contributed by atoms with Crippen LogP contribution in [-0.4, -0.2) is 86.6 Å². The summed E-state index contributed by atoms with van der Waals surface area (Å²) in [6.07, 6.45) is 0.826. The summed E-state index contributed by atoms with van der Waals surface area (Å²) < 4.78 is 0. The molecular formula is C35H41N5O8. The Bertz CT molecular complexity index is 1580. The number of rotatable bonds is 14. The van der Waals surface area contributed by atoms with Crippen molar-refractivity contribution in [1.82, 2.24) is 20.9 Å². The second-order valence-corrected chi connectivity index (χ2v) is 11.9. The third-order valence-corrected chi connectivity index (χ3v) is 8.15. The Morgan fingerprint density at radius 2 is 1.15 bits per heavy atom. The number of nitrogens with two attached hydrogens (primary N) is 1. The van der Waals surface area contributed by atoms with Gasteiger partial charge in [-0.3, -0.25) is 19.2 Å². The SMILES string of the molecule is C[C@H](N)C(=O)N[C@@H](Cc1ccc(O)cc1)C(=O)N[C@@H](Cc1ccccc1)C(=O)N[C@@H](Cc1ccc(O)cc1)C(=O)N1CCC[C@H]1C(=O)O. The molecule has 3 aromatic rings. The number of phenolic OH excluding ortho intramolecular Hbond substituents is 2. The summed E-state index contributed by atoms with van der Waals surface area (Å²) in [7, 11) is 0. The van der Waals surface area contributed by atoms with E-state index in [2.05, 4.69) is 16.0 Å². The van der Waals surface area contributed by atoms with Crippen molar-refractivity contribution in [2.45, 2.75) is 69.2 Å². The Hall–Kier alpha value is -5.43. The van der Waals surface area contributed by atoms with E-state index in [1.165, 1.54) is 36.1 Å². The summed E-state index contributed by atoms with van der Waals surface area (Å²) in [5.74, 6) is -3.65. The number of aromatic hydroxyl groups is 2. The number of hydrogen-bond acceptors (Lipinski definition) is 8. The van der Waals surface area contributed by atoms with Gasteiger partial charge in [0.15, 0.2) is 0 Å². The highest BCUT2D eigenvalue weighted by atomic mass is 16.4. The maximum Gasteiger partial charge on any atom is 0.326 e. The monoisotopic (exact) mass is 659 g/mol. The lowest BCUT2D eigenvalue weighted by molar-refractivity contribution is -0.149. The topological polar surface area (TPSA) is 211 Å². The summed E-state index contributed by atoms with van der Waals surface area (Å²) in [4.78, 5) is 67.4. The highest BCUT2D eigenvalue weighted by Crippen LogP contribution is 2.21. The Morgan fingerprint density at radius 3 is 1.62 bits per heavy atom. The Kier molecular flexibility index (Phi) is 12.1. The second-order valence-electron chi connectivity index (χ2n) is 11.9. The lowest BCUT2D eigenvalue weighted by atomic mass is 10.0. The predicted molar refractivity (Wildman–Crippen MR) is 176 cm³/mol. The highest BCUT2D eigenvalue weighted by Gasteiger charge is 2.38. The normalized spacial score (nSPS) is 16.6. The predicted octanol–water partition coefficient (Wildman–Crippen LogP) is 1.00. The minimum Gasteiger partial charge on any atom is -0.508 e. The van der Waals surface area contributed by atoms with Gasteiger partial charge in [0.1, 0.15) is 35.7 Å². The van der Waals surface area contributed by atoms with Gasteiger partial charge in [0, 0.05) is 25.8 Å². The van der Waals surface area contributed by atoms with Crippen molar-refractivity contribution < 1.29 is 39.3 Å². The molecule has 0 spiro atoms. The molecule has 0 unspecified atom stereocenters. The number of carboxylic acid groups (broad SMARTS) is 1. The lowest BCUT2D eigenvalue weighted by Gasteiger charge is -2.29. The van der Waals surface area contributed by atoms with Gasteiger partial charge >= 0.3 is 5.97 Å². The van der Waals surface area contributed by atoms with Crippen LogP contribution in [0.15, 0.2) is 78.9 Å². The van der Waals surface area contributed by atoms with Gasteiger partial charge in [0.2, 0.25) is 23.6 Å². The van der Waals surface area contributed by atoms with Gasteiger partial charge in [-0.25, -0.2) is 4.79 Å². The van der Waals surface area contributed by atoms with E-state index in [1.54, 1.807) is 54.6 Å². The van der Waals surface area contributed by atoms with Crippen LogP contribution in [0.4, 0.5) is 0 Å². The number of amides is 4. The van der Waals surface area contributed by atoms with E-state index in [0.29, 0.717) is 23.1 Å². The zero-order chi connectivity index (χ0) is 34.8. The minimum atomic E-state index is -1.21. The molecule has 1 aliphatic rings. The zero-order valence-corrected chi connectivity index (χ0v) is 26.5. The molecule has 1 aliphatic heterocycles. The molecule has 254 valence electrons. The molecule has 1 heterocycles. The quantitative estimate of drug-likeness (QED) is 0.131. The van der Waals surface area contributed by atoms with E-state index in [1.807, 2.05) is 0 Å². The van der Waals surface area contributed by atoms with Gasteiger partial charge in [0.25, 0.3) is 0 Å². The largest absolute Gasteiger partial charge is 0.508 e. The minimum absolute atomic E-state index is 0.00633. The first-order valence-corrected chi connectivity index (χ1v) is 15.7. The van der Waals surface area contributed by atoms with Crippen LogP contribution in [0.3, 0.4) is 0 Å². The van der Waals surface area contributed by atoms with Gasteiger partial charge in [0.05, 0.1) is 6.04 Å². The number of carbonyl (C=O) groups is 5. The van der Waals surface area contributed by atoms with Gasteiger partial charge in [-0.05, 0) is 60.7 Å². The molecule has 1 saturated heterocycles. The Morgan fingerprint density at radius 1 is 0.708 bits per heavy atom. The van der Waals surface area contributed by atoms with Gasteiger partial charge < -0.3 is 41.9 Å². The van der Waals surface area contributed by atoms with E-state index in [9.17, 15) is 39.3 Å². The molecule has 4 rings (SSSR count). The van der Waals surface area contributed by atoms with Crippen LogP contribution >= 0.6 is 0 Å². The van der Waals surface area contributed by atoms with Crippen molar-refractivity contribution in [2.75, 3.05) is 6.54 Å². The molecule has 4 amide bonds. The lowest BCUT2D eigenvalue weighted by Crippen LogP contribution is -2.59. The molecule has 3 aromatic carbocycles. The van der Waals surface area contributed by atoms with E-state index in [4.69, 9.17) is 5.73 Å². The van der Waals surface area contributed by atoms with Crippen molar-refractivity contribution in [3.63, 3.8) is 0 Å². The van der Waals surface area contributed by atoms with Crippen molar-refractivity contribution in [3.8, 4) is 11.5 Å².